The molecule has 1 unspecified atom stereocenters. The van der Waals surface area contributed by atoms with Crippen molar-refractivity contribution in [3.8, 4) is 34.5 Å². The number of carbonyl (C=O) groups excluding carboxylic acids is 1. The Morgan fingerprint density at radius 1 is 1.09 bits per heavy atom. The highest BCUT2D eigenvalue weighted by Gasteiger charge is 2.27. The van der Waals surface area contributed by atoms with Crippen molar-refractivity contribution < 1.29 is 23.7 Å². The van der Waals surface area contributed by atoms with Gasteiger partial charge in [-0.15, -0.1) is 0 Å². The molecular weight excluding hydrogens is 414 g/mol. The van der Waals surface area contributed by atoms with E-state index in [4.69, 9.17) is 18.9 Å². The standard InChI is InChI=1S/C22H25N5O5/c1-29-14-6-7-19(30-2)16(9-14)17-10-18(26-25-17)22(28)27-8-4-5-15(13-27)32-21-12-23-11-20(24-21)31-3/h6-7,9-12,15H,4-5,8,13H2,1-3H3,(H,25,26). The van der Waals surface area contributed by atoms with Crippen LogP contribution in [0.4, 0.5) is 0 Å². The number of nitrogens with zero attached hydrogens (tertiary/aromatic N) is 4. The molecule has 32 heavy (non-hydrogen) atoms. The lowest BCUT2D eigenvalue weighted by atomic mass is 10.1. The maximum atomic E-state index is 13.1. The summed E-state index contributed by atoms with van der Waals surface area (Å²) in [6, 6.07) is 7.15. The second-order valence-electron chi connectivity index (χ2n) is 7.27. The molecule has 0 saturated carbocycles. The zero-order valence-corrected chi connectivity index (χ0v) is 18.2. The van der Waals surface area contributed by atoms with Crippen LogP contribution in [0.1, 0.15) is 23.3 Å². The number of likely N-dealkylation sites (tertiary alicyclic amines) is 1. The van der Waals surface area contributed by atoms with Crippen molar-refractivity contribution in [1.29, 1.82) is 0 Å². The minimum absolute atomic E-state index is 0.143. The van der Waals surface area contributed by atoms with Crippen LogP contribution in [0.3, 0.4) is 0 Å². The van der Waals surface area contributed by atoms with Gasteiger partial charge in [0.25, 0.3) is 5.91 Å². The first-order chi connectivity index (χ1) is 15.6. The molecule has 10 nitrogen and oxygen atoms in total. The number of H-pyrrole nitrogens is 1. The van der Waals surface area contributed by atoms with Gasteiger partial charge in [0.15, 0.2) is 0 Å². The van der Waals surface area contributed by atoms with E-state index >= 15 is 0 Å². The first kappa shape index (κ1) is 21.4. The molecule has 1 aliphatic heterocycles. The molecule has 1 aliphatic rings. The SMILES string of the molecule is COc1ccc(OC)c(-c2cc(C(=O)N3CCCC(Oc4cncc(OC)n4)C3)[nH]n2)c1. The summed E-state index contributed by atoms with van der Waals surface area (Å²) in [6.45, 7) is 1.08. The van der Waals surface area contributed by atoms with Crippen molar-refractivity contribution >= 4 is 5.91 Å². The Hall–Kier alpha value is -3.82. The quantitative estimate of drug-likeness (QED) is 0.598. The summed E-state index contributed by atoms with van der Waals surface area (Å²) < 4.78 is 21.8. The number of ether oxygens (including phenoxy) is 4. The molecule has 1 saturated heterocycles. The van der Waals surface area contributed by atoms with Crippen LogP contribution in [0.25, 0.3) is 11.3 Å². The summed E-state index contributed by atoms with van der Waals surface area (Å²) in [6.07, 6.45) is 4.49. The molecule has 1 fully saturated rings. The number of rotatable bonds is 7. The number of aromatic amines is 1. The third kappa shape index (κ3) is 4.58. The minimum Gasteiger partial charge on any atom is -0.497 e. The van der Waals surface area contributed by atoms with Gasteiger partial charge in [0.05, 0.1) is 46.0 Å². The summed E-state index contributed by atoms with van der Waals surface area (Å²) in [7, 11) is 4.70. The third-order valence-electron chi connectivity index (χ3n) is 5.24. The van der Waals surface area contributed by atoms with Gasteiger partial charge in [-0.1, -0.05) is 0 Å². The summed E-state index contributed by atoms with van der Waals surface area (Å²) in [5.41, 5.74) is 1.73. The van der Waals surface area contributed by atoms with Gasteiger partial charge < -0.3 is 23.8 Å². The van der Waals surface area contributed by atoms with Crippen molar-refractivity contribution in [2.45, 2.75) is 18.9 Å². The molecule has 1 N–H and O–H groups in total. The molecule has 4 rings (SSSR count). The van der Waals surface area contributed by atoms with E-state index in [2.05, 4.69) is 20.2 Å². The van der Waals surface area contributed by atoms with Gasteiger partial charge in [0.2, 0.25) is 11.8 Å². The van der Waals surface area contributed by atoms with Gasteiger partial charge in [0.1, 0.15) is 23.3 Å². The van der Waals surface area contributed by atoms with Crippen LogP contribution < -0.4 is 18.9 Å². The molecule has 0 spiro atoms. The number of nitrogens with one attached hydrogen (secondary N) is 1. The van der Waals surface area contributed by atoms with Gasteiger partial charge >= 0.3 is 0 Å². The topological polar surface area (TPSA) is 112 Å². The fourth-order valence-corrected chi connectivity index (χ4v) is 3.63. The first-order valence-electron chi connectivity index (χ1n) is 10.2. The van der Waals surface area contributed by atoms with Crippen molar-refractivity contribution in [2.24, 2.45) is 0 Å². The number of carbonyl (C=O) groups is 1. The minimum atomic E-state index is -0.185. The van der Waals surface area contributed by atoms with E-state index in [1.807, 2.05) is 12.1 Å². The predicted molar refractivity (Wildman–Crippen MR) is 115 cm³/mol. The lowest BCUT2D eigenvalue weighted by Gasteiger charge is -2.32. The largest absolute Gasteiger partial charge is 0.497 e. The number of benzene rings is 1. The Kier molecular flexibility index (Phi) is 6.39. The van der Waals surface area contributed by atoms with Gasteiger partial charge in [0, 0.05) is 12.1 Å². The van der Waals surface area contributed by atoms with Crippen LogP contribution in [0.2, 0.25) is 0 Å². The second-order valence-corrected chi connectivity index (χ2v) is 7.27. The zero-order chi connectivity index (χ0) is 22.5. The first-order valence-corrected chi connectivity index (χ1v) is 10.2. The average Bonchev–Trinajstić information content (AvgIpc) is 3.33. The van der Waals surface area contributed by atoms with E-state index in [0.29, 0.717) is 47.7 Å². The Balaban J connectivity index is 1.47. The van der Waals surface area contributed by atoms with Crippen LogP contribution in [-0.2, 0) is 0 Å². The molecule has 3 aromatic rings. The van der Waals surface area contributed by atoms with E-state index < -0.39 is 0 Å². The van der Waals surface area contributed by atoms with Gasteiger partial charge in [-0.05, 0) is 37.1 Å². The fraction of sp³-hybridized carbons (Fsp3) is 0.364. The van der Waals surface area contributed by atoms with E-state index in [1.54, 1.807) is 31.3 Å². The van der Waals surface area contributed by atoms with Crippen molar-refractivity contribution in [3.63, 3.8) is 0 Å². The fourth-order valence-electron chi connectivity index (χ4n) is 3.63. The van der Waals surface area contributed by atoms with Crippen LogP contribution in [0, 0.1) is 0 Å². The molecular formula is C22H25N5O5. The number of amides is 1. The molecule has 1 atom stereocenters. The molecule has 1 amide bonds. The summed E-state index contributed by atoms with van der Waals surface area (Å²) in [5.74, 6) is 1.92. The predicted octanol–water partition coefficient (Wildman–Crippen LogP) is 2.58. The highest BCUT2D eigenvalue weighted by molar-refractivity contribution is 5.93. The molecule has 10 heteroatoms. The maximum absolute atomic E-state index is 13.1. The van der Waals surface area contributed by atoms with E-state index in [9.17, 15) is 4.79 Å². The maximum Gasteiger partial charge on any atom is 0.272 e. The number of hydrogen-bond donors (Lipinski definition) is 1. The highest BCUT2D eigenvalue weighted by Crippen LogP contribution is 2.32. The van der Waals surface area contributed by atoms with Crippen LogP contribution in [0.15, 0.2) is 36.7 Å². The summed E-state index contributed by atoms with van der Waals surface area (Å²) >= 11 is 0. The molecule has 0 radical (unpaired) electrons. The van der Waals surface area contributed by atoms with Gasteiger partial charge in [-0.2, -0.15) is 10.1 Å². The van der Waals surface area contributed by atoms with E-state index in [0.717, 1.165) is 18.4 Å². The number of hydrogen-bond acceptors (Lipinski definition) is 8. The molecule has 3 heterocycles. The Labute approximate surface area is 185 Å². The Bertz CT molecular complexity index is 1090. The Morgan fingerprint density at radius 3 is 2.72 bits per heavy atom. The molecule has 0 bridgehead atoms. The lowest BCUT2D eigenvalue weighted by Crippen LogP contribution is -2.44. The van der Waals surface area contributed by atoms with Crippen LogP contribution in [-0.4, -0.2) is 71.5 Å². The van der Waals surface area contributed by atoms with Gasteiger partial charge in [-0.3, -0.25) is 14.9 Å². The highest BCUT2D eigenvalue weighted by atomic mass is 16.5. The van der Waals surface area contributed by atoms with Crippen molar-refractivity contribution in [1.82, 2.24) is 25.1 Å². The molecule has 0 aliphatic carbocycles. The third-order valence-corrected chi connectivity index (χ3v) is 5.24. The second kappa shape index (κ2) is 9.54. The molecule has 168 valence electrons. The normalized spacial score (nSPS) is 15.8. The number of piperidine rings is 1. The average molecular weight is 439 g/mol. The van der Waals surface area contributed by atoms with Crippen molar-refractivity contribution in [2.75, 3.05) is 34.4 Å². The summed E-state index contributed by atoms with van der Waals surface area (Å²) in [5, 5.41) is 7.17. The van der Waals surface area contributed by atoms with Crippen LogP contribution >= 0.6 is 0 Å². The Morgan fingerprint density at radius 2 is 1.94 bits per heavy atom. The monoisotopic (exact) mass is 439 g/mol. The molecule has 1 aromatic carbocycles. The zero-order valence-electron chi connectivity index (χ0n) is 18.2. The summed E-state index contributed by atoms with van der Waals surface area (Å²) in [4.78, 5) is 23.2. The smallest absolute Gasteiger partial charge is 0.272 e. The van der Waals surface area contributed by atoms with Crippen molar-refractivity contribution in [3.05, 3.63) is 42.4 Å². The number of aromatic nitrogens is 4. The van der Waals surface area contributed by atoms with Gasteiger partial charge in [-0.25, -0.2) is 0 Å². The van der Waals surface area contributed by atoms with E-state index in [1.165, 1.54) is 19.5 Å². The molecule has 2 aromatic heterocycles. The van der Waals surface area contributed by atoms with E-state index in [-0.39, 0.29) is 12.0 Å². The lowest BCUT2D eigenvalue weighted by molar-refractivity contribution is 0.0520. The number of methoxy groups -OCH3 is 3. The van der Waals surface area contributed by atoms with Crippen LogP contribution in [0.5, 0.6) is 23.3 Å².